The van der Waals surface area contributed by atoms with Crippen LogP contribution in [0.3, 0.4) is 0 Å². The molecule has 0 aromatic rings. The summed E-state index contributed by atoms with van der Waals surface area (Å²) in [6.07, 6.45) is -14.2. The van der Waals surface area contributed by atoms with Gasteiger partial charge in [-0.2, -0.15) is 22.0 Å². The van der Waals surface area contributed by atoms with E-state index in [2.05, 4.69) is 4.74 Å². The lowest BCUT2D eigenvalue weighted by Gasteiger charge is -2.37. The molecule has 0 aromatic carbocycles. The number of rotatable bonds is 5. The normalized spacial score (nSPS) is 19.5. The van der Waals surface area contributed by atoms with Gasteiger partial charge in [-0.1, -0.05) is 6.92 Å². The summed E-state index contributed by atoms with van der Waals surface area (Å²) in [6.45, 7) is 2.53. The van der Waals surface area contributed by atoms with Crippen molar-refractivity contribution in [2.24, 2.45) is 0 Å². The zero-order valence-corrected chi connectivity index (χ0v) is 10.3. The van der Waals surface area contributed by atoms with Crippen LogP contribution in [0.25, 0.3) is 0 Å². The molecule has 0 aliphatic heterocycles. The first kappa shape index (κ1) is 17.5. The molecule has 0 aliphatic rings. The minimum Gasteiger partial charge on any atom is -0.308 e. The summed E-state index contributed by atoms with van der Waals surface area (Å²) in [4.78, 5) is 0. The van der Waals surface area contributed by atoms with Crippen molar-refractivity contribution < 1.29 is 35.5 Å². The molecule has 0 fully saturated rings. The van der Waals surface area contributed by atoms with Crippen molar-refractivity contribution in [2.75, 3.05) is 0 Å². The van der Waals surface area contributed by atoms with Crippen LogP contribution in [0.5, 0.6) is 0 Å². The Morgan fingerprint density at radius 2 is 1.33 bits per heavy atom. The summed E-state index contributed by atoms with van der Waals surface area (Å²) >= 11 is 0. The molecule has 0 saturated heterocycles. The first-order chi connectivity index (χ1) is 7.67. The van der Waals surface area contributed by atoms with E-state index in [-0.39, 0.29) is 0 Å². The van der Waals surface area contributed by atoms with Gasteiger partial charge in [0.05, 0.1) is 0 Å². The second-order valence-corrected chi connectivity index (χ2v) is 4.68. The van der Waals surface area contributed by atoms with E-state index in [1.165, 1.54) is 0 Å². The Morgan fingerprint density at radius 1 is 0.944 bits per heavy atom. The molecule has 18 heavy (non-hydrogen) atoms. The monoisotopic (exact) mass is 284 g/mol. The molecule has 0 rings (SSSR count). The Morgan fingerprint density at radius 3 is 1.61 bits per heavy atom. The molecule has 110 valence electrons. The van der Waals surface area contributed by atoms with Gasteiger partial charge in [0.2, 0.25) is 6.17 Å². The molecule has 0 aromatic heterocycles. The highest BCUT2D eigenvalue weighted by Gasteiger charge is 2.59. The fraction of sp³-hybridized carbons (Fsp3) is 1.00. The van der Waals surface area contributed by atoms with Crippen LogP contribution in [0.4, 0.5) is 30.7 Å². The molecular formula is C10H15F7O. The third kappa shape index (κ3) is 3.73. The number of hydrogen-bond acceptors (Lipinski definition) is 1. The Labute approximate surface area is 100 Å². The smallest absolute Gasteiger partial charge is 0.308 e. The molecule has 0 heterocycles. The summed E-state index contributed by atoms with van der Waals surface area (Å²) in [5.41, 5.74) is -6.08. The van der Waals surface area contributed by atoms with Gasteiger partial charge in [-0.25, -0.2) is 8.78 Å². The topological polar surface area (TPSA) is 9.23 Å². The van der Waals surface area contributed by atoms with E-state index in [0.29, 0.717) is 20.8 Å². The second-order valence-electron chi connectivity index (χ2n) is 4.68. The quantitative estimate of drug-likeness (QED) is 0.679. The second kappa shape index (κ2) is 4.86. The van der Waals surface area contributed by atoms with E-state index in [1.807, 2.05) is 0 Å². The van der Waals surface area contributed by atoms with Crippen LogP contribution in [0.15, 0.2) is 0 Å². The predicted octanol–water partition coefficient (Wildman–Crippen LogP) is 4.41. The lowest BCUT2D eigenvalue weighted by molar-refractivity contribution is -0.365. The van der Waals surface area contributed by atoms with E-state index in [4.69, 9.17) is 0 Å². The first-order valence-electron chi connectivity index (χ1n) is 5.15. The van der Waals surface area contributed by atoms with Gasteiger partial charge in [0.15, 0.2) is 5.67 Å². The highest BCUT2D eigenvalue weighted by Crippen LogP contribution is 2.42. The molecule has 0 saturated carbocycles. The number of alkyl halides is 7. The highest BCUT2D eigenvalue weighted by molar-refractivity contribution is 4.90. The van der Waals surface area contributed by atoms with Crippen molar-refractivity contribution in [3.8, 4) is 0 Å². The van der Waals surface area contributed by atoms with Gasteiger partial charge >= 0.3 is 12.3 Å². The van der Waals surface area contributed by atoms with E-state index in [9.17, 15) is 30.7 Å². The van der Waals surface area contributed by atoms with Crippen LogP contribution < -0.4 is 0 Å². The third-order valence-corrected chi connectivity index (χ3v) is 2.56. The van der Waals surface area contributed by atoms with E-state index in [1.54, 1.807) is 0 Å². The maximum absolute atomic E-state index is 13.4. The van der Waals surface area contributed by atoms with Crippen molar-refractivity contribution >= 4 is 0 Å². The average molecular weight is 284 g/mol. The minimum atomic E-state index is -5.36. The van der Waals surface area contributed by atoms with Gasteiger partial charge in [0.25, 0.3) is 0 Å². The SMILES string of the molecule is CCC(C)(F)C(F)(F)OC(C)(C)C(F)C(F)(F)F. The largest absolute Gasteiger partial charge is 0.422 e. The van der Waals surface area contributed by atoms with Crippen molar-refractivity contribution in [1.29, 1.82) is 0 Å². The predicted molar refractivity (Wildman–Crippen MR) is 50.9 cm³/mol. The third-order valence-electron chi connectivity index (χ3n) is 2.56. The zero-order chi connectivity index (χ0) is 15.0. The maximum atomic E-state index is 13.4. The van der Waals surface area contributed by atoms with Gasteiger partial charge in [-0.05, 0) is 27.2 Å². The van der Waals surface area contributed by atoms with E-state index < -0.39 is 36.1 Å². The van der Waals surface area contributed by atoms with Crippen molar-refractivity contribution in [3.63, 3.8) is 0 Å². The molecule has 0 radical (unpaired) electrons. The zero-order valence-electron chi connectivity index (χ0n) is 10.3. The van der Waals surface area contributed by atoms with Crippen LogP contribution in [0, 0.1) is 0 Å². The Kier molecular flexibility index (Phi) is 4.72. The van der Waals surface area contributed by atoms with Crippen molar-refractivity contribution in [2.45, 2.75) is 63.8 Å². The van der Waals surface area contributed by atoms with Crippen LogP contribution in [0.2, 0.25) is 0 Å². The van der Waals surface area contributed by atoms with Crippen LogP contribution >= 0.6 is 0 Å². The molecule has 0 bridgehead atoms. The molecule has 0 aliphatic carbocycles. The summed E-state index contributed by atoms with van der Waals surface area (Å²) in [5, 5.41) is 0. The fourth-order valence-corrected chi connectivity index (χ4v) is 1.09. The van der Waals surface area contributed by atoms with Crippen LogP contribution in [0.1, 0.15) is 34.1 Å². The molecule has 2 unspecified atom stereocenters. The Bertz CT molecular complexity index is 282. The number of ether oxygens (including phenoxy) is 1. The number of halogens is 7. The van der Waals surface area contributed by atoms with Gasteiger partial charge in [-0.3, -0.25) is 0 Å². The molecule has 0 amide bonds. The molecule has 1 nitrogen and oxygen atoms in total. The average Bonchev–Trinajstić information content (AvgIpc) is 2.13. The summed E-state index contributed by atoms with van der Waals surface area (Å²) < 4.78 is 93.1. The van der Waals surface area contributed by atoms with Crippen molar-refractivity contribution in [3.05, 3.63) is 0 Å². The van der Waals surface area contributed by atoms with Crippen molar-refractivity contribution in [1.82, 2.24) is 0 Å². The Balaban J connectivity index is 5.09. The first-order valence-corrected chi connectivity index (χ1v) is 5.15. The molecule has 0 spiro atoms. The fourth-order valence-electron chi connectivity index (χ4n) is 1.09. The van der Waals surface area contributed by atoms with Crippen LogP contribution in [-0.2, 0) is 4.74 Å². The summed E-state index contributed by atoms with van der Waals surface area (Å²) in [7, 11) is 0. The van der Waals surface area contributed by atoms with Gasteiger partial charge < -0.3 is 4.74 Å². The molecular weight excluding hydrogens is 269 g/mol. The summed E-state index contributed by atoms with van der Waals surface area (Å²) in [5.74, 6) is 0. The van der Waals surface area contributed by atoms with Gasteiger partial charge in [-0.15, -0.1) is 0 Å². The van der Waals surface area contributed by atoms with Gasteiger partial charge in [0, 0.05) is 0 Å². The van der Waals surface area contributed by atoms with E-state index in [0.717, 1.165) is 6.92 Å². The Hall–Kier alpha value is -0.530. The minimum absolute atomic E-state index is 0.476. The molecule has 8 heteroatoms. The highest BCUT2D eigenvalue weighted by atomic mass is 19.4. The number of hydrogen-bond donors (Lipinski definition) is 0. The maximum Gasteiger partial charge on any atom is 0.422 e. The standard InChI is InChI=1S/C10H15F7O/c1-5-8(4,12)10(16,17)18-7(2,3)6(11)9(13,14)15/h6H,5H2,1-4H3. The van der Waals surface area contributed by atoms with Crippen LogP contribution in [-0.4, -0.2) is 29.7 Å². The van der Waals surface area contributed by atoms with Gasteiger partial charge in [0.1, 0.15) is 5.60 Å². The lowest BCUT2D eigenvalue weighted by Crippen LogP contribution is -2.54. The summed E-state index contributed by atoms with van der Waals surface area (Å²) in [6, 6.07) is 0. The lowest BCUT2D eigenvalue weighted by atomic mass is 10.00. The van der Waals surface area contributed by atoms with E-state index >= 15 is 0 Å². The molecule has 0 N–H and O–H groups in total. The molecule has 2 atom stereocenters.